The van der Waals surface area contributed by atoms with E-state index in [1.165, 1.54) is 32.4 Å². The van der Waals surface area contributed by atoms with E-state index in [2.05, 4.69) is 41.3 Å². The van der Waals surface area contributed by atoms with Crippen LogP contribution in [0.2, 0.25) is 0 Å². The van der Waals surface area contributed by atoms with Crippen LogP contribution >= 0.6 is 0 Å². The number of rotatable bonds is 10. The van der Waals surface area contributed by atoms with Crippen LogP contribution in [0.15, 0.2) is 55.2 Å². The van der Waals surface area contributed by atoms with Gasteiger partial charge in [0, 0.05) is 37.5 Å². The van der Waals surface area contributed by atoms with E-state index in [1.807, 2.05) is 31.4 Å². The Morgan fingerprint density at radius 1 is 1.00 bits per heavy atom. The van der Waals surface area contributed by atoms with E-state index >= 15 is 0 Å². The summed E-state index contributed by atoms with van der Waals surface area (Å²) in [7, 11) is 1.86. The van der Waals surface area contributed by atoms with Gasteiger partial charge in [-0.25, -0.2) is 19.9 Å². The highest BCUT2D eigenvalue weighted by atomic mass is 16.5. The van der Waals surface area contributed by atoms with Crippen LogP contribution in [-0.4, -0.2) is 60.9 Å². The summed E-state index contributed by atoms with van der Waals surface area (Å²) >= 11 is 0. The van der Waals surface area contributed by atoms with E-state index in [1.54, 1.807) is 29.5 Å². The van der Waals surface area contributed by atoms with E-state index in [0.29, 0.717) is 42.1 Å². The molecular formula is C27H33N9O. The molecule has 4 heterocycles. The van der Waals surface area contributed by atoms with Crippen LogP contribution in [0, 0.1) is 0 Å². The van der Waals surface area contributed by atoms with Gasteiger partial charge in [-0.3, -0.25) is 4.68 Å². The van der Waals surface area contributed by atoms with Gasteiger partial charge in [-0.05, 0) is 44.0 Å². The van der Waals surface area contributed by atoms with Crippen LogP contribution in [0.25, 0.3) is 22.6 Å². The summed E-state index contributed by atoms with van der Waals surface area (Å²) in [5.41, 5.74) is 9.63. The van der Waals surface area contributed by atoms with Crippen molar-refractivity contribution in [1.29, 1.82) is 0 Å². The molecule has 192 valence electrons. The molecule has 0 atom stereocenters. The molecule has 3 N–H and O–H groups in total. The molecule has 4 aromatic rings. The van der Waals surface area contributed by atoms with Crippen molar-refractivity contribution in [3.05, 3.63) is 60.8 Å². The van der Waals surface area contributed by atoms with E-state index in [0.717, 1.165) is 29.7 Å². The summed E-state index contributed by atoms with van der Waals surface area (Å²) < 4.78 is 7.59. The van der Waals surface area contributed by atoms with Crippen LogP contribution in [-0.2, 0) is 13.6 Å². The zero-order valence-corrected chi connectivity index (χ0v) is 21.2. The number of nitrogen functional groups attached to an aromatic ring is 1. The van der Waals surface area contributed by atoms with Gasteiger partial charge in [0.05, 0.1) is 37.1 Å². The molecular weight excluding hydrogens is 466 g/mol. The Kier molecular flexibility index (Phi) is 7.85. The van der Waals surface area contributed by atoms with Crippen molar-refractivity contribution in [3.8, 4) is 28.4 Å². The third-order valence-electron chi connectivity index (χ3n) is 6.41. The molecule has 0 aliphatic carbocycles. The molecule has 0 saturated carbocycles. The minimum absolute atomic E-state index is 0.346. The first kappa shape index (κ1) is 24.6. The lowest BCUT2D eigenvalue weighted by Crippen LogP contribution is -2.31. The number of aromatic nitrogens is 6. The van der Waals surface area contributed by atoms with Crippen molar-refractivity contribution in [2.24, 2.45) is 7.05 Å². The van der Waals surface area contributed by atoms with Crippen molar-refractivity contribution in [2.75, 3.05) is 37.3 Å². The molecule has 1 fully saturated rings. The van der Waals surface area contributed by atoms with Gasteiger partial charge in [0.25, 0.3) is 0 Å². The quantitative estimate of drug-likeness (QED) is 0.314. The molecule has 3 aromatic heterocycles. The smallest absolute Gasteiger partial charge is 0.169 e. The molecule has 1 aromatic carbocycles. The highest BCUT2D eigenvalue weighted by Crippen LogP contribution is 2.22. The van der Waals surface area contributed by atoms with Crippen molar-refractivity contribution < 1.29 is 4.74 Å². The summed E-state index contributed by atoms with van der Waals surface area (Å²) in [5.74, 6) is 2.23. The lowest BCUT2D eigenvalue weighted by Gasteiger charge is -2.26. The summed E-state index contributed by atoms with van der Waals surface area (Å²) in [5, 5.41) is 7.49. The van der Waals surface area contributed by atoms with Crippen LogP contribution in [0.4, 0.5) is 11.6 Å². The van der Waals surface area contributed by atoms with Gasteiger partial charge in [-0.1, -0.05) is 24.6 Å². The highest BCUT2D eigenvalue weighted by molar-refractivity contribution is 5.64. The lowest BCUT2D eigenvalue weighted by molar-refractivity contribution is 0.204. The predicted molar refractivity (Wildman–Crippen MR) is 144 cm³/mol. The number of nitrogens with one attached hydrogen (secondary N) is 1. The van der Waals surface area contributed by atoms with Crippen LogP contribution in [0.3, 0.4) is 0 Å². The lowest BCUT2D eigenvalue weighted by atomic mass is 10.1. The number of hydrogen-bond acceptors (Lipinski definition) is 9. The maximum absolute atomic E-state index is 6.06. The maximum atomic E-state index is 6.06. The normalized spacial score (nSPS) is 14.0. The Hall–Kier alpha value is -4.05. The molecule has 10 heteroatoms. The number of hydrogen-bond donors (Lipinski definition) is 2. The second-order valence-corrected chi connectivity index (χ2v) is 9.29. The van der Waals surface area contributed by atoms with Crippen molar-refractivity contribution in [2.45, 2.75) is 32.2 Å². The number of likely N-dealkylation sites (tertiary alicyclic amines) is 1. The standard InChI is InChI=1S/C27H33N9O/c1-35-19-22(15-33-35)24-18-29-25(28)27(34-24)30-14-20-7-5-8-21(13-20)26-31-16-23(17-32-26)37-12-6-11-36-9-3-2-4-10-36/h5,7-8,13,15-19H,2-4,6,9-12,14H2,1H3,(H2,28,29)(H,30,34). The van der Waals surface area contributed by atoms with Gasteiger partial charge in [0.2, 0.25) is 0 Å². The zero-order chi connectivity index (χ0) is 25.5. The molecule has 1 saturated heterocycles. The Labute approximate surface area is 216 Å². The number of piperidine rings is 1. The SMILES string of the molecule is Cn1cc(-c2cnc(N)c(NCc3cccc(-c4ncc(OCCCN5CCCCC5)cn4)c3)n2)cn1. The summed E-state index contributed by atoms with van der Waals surface area (Å²) in [6.07, 6.45) is 13.8. The second kappa shape index (κ2) is 11.8. The third kappa shape index (κ3) is 6.59. The first-order chi connectivity index (χ1) is 18.1. The number of benzene rings is 1. The monoisotopic (exact) mass is 499 g/mol. The van der Waals surface area contributed by atoms with E-state index in [9.17, 15) is 0 Å². The first-order valence-electron chi connectivity index (χ1n) is 12.8. The molecule has 0 amide bonds. The Morgan fingerprint density at radius 3 is 2.62 bits per heavy atom. The van der Waals surface area contributed by atoms with Crippen LogP contribution in [0.1, 0.15) is 31.2 Å². The Bertz CT molecular complexity index is 1300. The number of nitrogens with two attached hydrogens (primary N) is 1. The molecule has 0 unspecified atom stereocenters. The van der Waals surface area contributed by atoms with Gasteiger partial charge in [0.15, 0.2) is 23.2 Å². The molecule has 0 spiro atoms. The average molecular weight is 500 g/mol. The van der Waals surface area contributed by atoms with E-state index < -0.39 is 0 Å². The van der Waals surface area contributed by atoms with Crippen molar-refractivity contribution in [1.82, 2.24) is 34.6 Å². The fourth-order valence-electron chi connectivity index (χ4n) is 4.43. The van der Waals surface area contributed by atoms with Crippen LogP contribution < -0.4 is 15.8 Å². The minimum Gasteiger partial charge on any atom is -0.490 e. The van der Waals surface area contributed by atoms with Gasteiger partial charge >= 0.3 is 0 Å². The molecule has 1 aliphatic rings. The fourth-order valence-corrected chi connectivity index (χ4v) is 4.43. The van der Waals surface area contributed by atoms with Gasteiger partial charge in [-0.2, -0.15) is 5.10 Å². The summed E-state index contributed by atoms with van der Waals surface area (Å²) in [4.78, 5) is 20.5. The highest BCUT2D eigenvalue weighted by Gasteiger charge is 2.11. The number of ether oxygens (including phenoxy) is 1. The molecule has 0 radical (unpaired) electrons. The van der Waals surface area contributed by atoms with Crippen molar-refractivity contribution in [3.63, 3.8) is 0 Å². The second-order valence-electron chi connectivity index (χ2n) is 9.29. The molecule has 0 bridgehead atoms. The fraction of sp³-hybridized carbons (Fsp3) is 0.370. The first-order valence-corrected chi connectivity index (χ1v) is 12.8. The molecule has 10 nitrogen and oxygen atoms in total. The molecule has 5 rings (SSSR count). The molecule has 1 aliphatic heterocycles. The number of aryl methyl sites for hydroxylation is 1. The summed E-state index contributed by atoms with van der Waals surface area (Å²) in [6.45, 7) is 4.72. The Balaban J connectivity index is 1.16. The maximum Gasteiger partial charge on any atom is 0.169 e. The average Bonchev–Trinajstić information content (AvgIpc) is 3.38. The predicted octanol–water partition coefficient (Wildman–Crippen LogP) is 3.78. The third-order valence-corrected chi connectivity index (χ3v) is 6.41. The minimum atomic E-state index is 0.346. The van der Waals surface area contributed by atoms with Gasteiger partial charge in [0.1, 0.15) is 0 Å². The number of anilines is 2. The zero-order valence-electron chi connectivity index (χ0n) is 21.2. The molecule has 37 heavy (non-hydrogen) atoms. The van der Waals surface area contributed by atoms with Gasteiger partial charge in [-0.15, -0.1) is 0 Å². The largest absolute Gasteiger partial charge is 0.490 e. The number of nitrogens with zero attached hydrogens (tertiary/aromatic N) is 7. The van der Waals surface area contributed by atoms with E-state index in [-0.39, 0.29) is 0 Å². The van der Waals surface area contributed by atoms with Crippen molar-refractivity contribution >= 4 is 11.6 Å². The topological polar surface area (TPSA) is 120 Å². The van der Waals surface area contributed by atoms with Gasteiger partial charge < -0.3 is 20.7 Å². The van der Waals surface area contributed by atoms with E-state index in [4.69, 9.17) is 10.5 Å². The summed E-state index contributed by atoms with van der Waals surface area (Å²) in [6, 6.07) is 8.07. The Morgan fingerprint density at radius 2 is 1.84 bits per heavy atom. The van der Waals surface area contributed by atoms with Crippen LogP contribution in [0.5, 0.6) is 5.75 Å².